The molecule has 1 aromatic rings. The number of nitrogens with zero attached hydrogens (tertiary/aromatic N) is 1. The highest BCUT2D eigenvalue weighted by Gasteiger charge is 2.12. The molecule has 0 aliphatic heterocycles. The van der Waals surface area contributed by atoms with Gasteiger partial charge >= 0.3 is 0 Å². The van der Waals surface area contributed by atoms with Crippen LogP contribution in [0.1, 0.15) is 25.8 Å². The first kappa shape index (κ1) is 12.9. The van der Waals surface area contributed by atoms with E-state index < -0.39 is 0 Å². The van der Waals surface area contributed by atoms with Crippen LogP contribution in [-0.2, 0) is 0 Å². The molecule has 0 aliphatic rings. The lowest BCUT2D eigenvalue weighted by Gasteiger charge is -2.02. The molecule has 0 aromatic heterocycles. The van der Waals surface area contributed by atoms with E-state index >= 15 is 0 Å². The van der Waals surface area contributed by atoms with Crippen LogP contribution in [0, 0.1) is 16.0 Å². The van der Waals surface area contributed by atoms with Crippen LogP contribution in [0.5, 0.6) is 0 Å². The van der Waals surface area contributed by atoms with E-state index in [9.17, 15) is 10.1 Å². The summed E-state index contributed by atoms with van der Waals surface area (Å²) >= 11 is 3.34. The third-order valence-corrected chi connectivity index (χ3v) is 2.53. The summed E-state index contributed by atoms with van der Waals surface area (Å²) in [5, 5.41) is 10.8. The Balaban J connectivity index is 2.97. The summed E-state index contributed by atoms with van der Waals surface area (Å²) in [7, 11) is 0. The van der Waals surface area contributed by atoms with Crippen LogP contribution in [0.25, 0.3) is 6.08 Å². The van der Waals surface area contributed by atoms with E-state index in [4.69, 9.17) is 0 Å². The Labute approximate surface area is 103 Å². The van der Waals surface area contributed by atoms with Crippen LogP contribution in [0.3, 0.4) is 0 Å². The van der Waals surface area contributed by atoms with Gasteiger partial charge in [0.15, 0.2) is 0 Å². The largest absolute Gasteiger partial charge is 0.259 e. The zero-order valence-corrected chi connectivity index (χ0v) is 10.9. The van der Waals surface area contributed by atoms with Gasteiger partial charge in [-0.25, -0.2) is 0 Å². The molecular weight excluding hydrogens is 270 g/mol. The standard InChI is InChI=1S/C12H14BrNO2/c1-9(2)6-12(14(15)16)8-10-4-3-5-11(13)7-10/h3-5,7-9H,6H2,1-2H3. The molecule has 0 N–H and O–H groups in total. The zero-order valence-electron chi connectivity index (χ0n) is 9.31. The van der Waals surface area contributed by atoms with Crippen molar-refractivity contribution in [2.24, 2.45) is 5.92 Å². The molecular formula is C12H14BrNO2. The predicted octanol–water partition coefficient (Wildman–Crippen LogP) is 4.11. The van der Waals surface area contributed by atoms with Crippen LogP contribution in [0.2, 0.25) is 0 Å². The molecule has 0 radical (unpaired) electrons. The molecule has 3 nitrogen and oxygen atoms in total. The van der Waals surface area contributed by atoms with Crippen molar-refractivity contribution in [3.63, 3.8) is 0 Å². The van der Waals surface area contributed by atoms with Crippen molar-refractivity contribution >= 4 is 22.0 Å². The van der Waals surface area contributed by atoms with Crippen molar-refractivity contribution in [2.75, 3.05) is 0 Å². The fourth-order valence-electron chi connectivity index (χ4n) is 1.39. The van der Waals surface area contributed by atoms with Crippen molar-refractivity contribution in [3.8, 4) is 0 Å². The third-order valence-electron chi connectivity index (χ3n) is 2.03. The predicted molar refractivity (Wildman–Crippen MR) is 68.6 cm³/mol. The van der Waals surface area contributed by atoms with Crippen LogP contribution >= 0.6 is 15.9 Å². The van der Waals surface area contributed by atoms with Gasteiger partial charge in [0.05, 0.1) is 4.92 Å². The normalized spacial score (nSPS) is 11.9. The van der Waals surface area contributed by atoms with Crippen molar-refractivity contribution in [1.29, 1.82) is 0 Å². The topological polar surface area (TPSA) is 43.1 Å². The SMILES string of the molecule is CC(C)CC(=Cc1cccc(Br)c1)[N+](=O)[O-]. The molecule has 0 bridgehead atoms. The van der Waals surface area contributed by atoms with Gasteiger partial charge in [-0.2, -0.15) is 0 Å². The molecule has 1 aromatic carbocycles. The van der Waals surface area contributed by atoms with E-state index in [1.165, 1.54) is 0 Å². The lowest BCUT2D eigenvalue weighted by atomic mass is 10.1. The third kappa shape index (κ3) is 4.14. The molecule has 0 spiro atoms. The van der Waals surface area contributed by atoms with Gasteiger partial charge in [0, 0.05) is 17.0 Å². The van der Waals surface area contributed by atoms with Gasteiger partial charge in [0.25, 0.3) is 0 Å². The highest BCUT2D eigenvalue weighted by Crippen LogP contribution is 2.18. The first-order chi connectivity index (χ1) is 7.49. The van der Waals surface area contributed by atoms with Crippen LogP contribution < -0.4 is 0 Å². The van der Waals surface area contributed by atoms with E-state index in [2.05, 4.69) is 15.9 Å². The van der Waals surface area contributed by atoms with Gasteiger partial charge in [0.2, 0.25) is 5.70 Å². The van der Waals surface area contributed by atoms with Gasteiger partial charge < -0.3 is 0 Å². The highest BCUT2D eigenvalue weighted by atomic mass is 79.9. The second-order valence-corrected chi connectivity index (χ2v) is 4.96. The van der Waals surface area contributed by atoms with Crippen molar-refractivity contribution < 1.29 is 4.92 Å². The van der Waals surface area contributed by atoms with Gasteiger partial charge in [-0.3, -0.25) is 10.1 Å². The molecule has 1 rings (SSSR count). The minimum absolute atomic E-state index is 0.258. The molecule has 0 amide bonds. The summed E-state index contributed by atoms with van der Waals surface area (Å²) < 4.78 is 0.925. The summed E-state index contributed by atoms with van der Waals surface area (Å²) in [6.45, 7) is 3.94. The van der Waals surface area contributed by atoms with Gasteiger partial charge in [0.1, 0.15) is 0 Å². The number of benzene rings is 1. The van der Waals surface area contributed by atoms with E-state index in [1.54, 1.807) is 6.08 Å². The summed E-state index contributed by atoms with van der Waals surface area (Å²) in [4.78, 5) is 10.5. The number of nitro groups is 1. The van der Waals surface area contributed by atoms with Gasteiger partial charge in [-0.1, -0.05) is 41.9 Å². The Hall–Kier alpha value is -1.16. The molecule has 0 aliphatic carbocycles. The van der Waals surface area contributed by atoms with E-state index in [0.717, 1.165) is 10.0 Å². The summed E-state index contributed by atoms with van der Waals surface area (Å²) in [5.41, 5.74) is 1.11. The second kappa shape index (κ2) is 5.80. The molecule has 0 saturated carbocycles. The summed E-state index contributed by atoms with van der Waals surface area (Å²) in [6, 6.07) is 7.48. The smallest absolute Gasteiger partial charge is 0.247 e. The lowest BCUT2D eigenvalue weighted by Crippen LogP contribution is -2.02. The maximum Gasteiger partial charge on any atom is 0.247 e. The van der Waals surface area contributed by atoms with Crippen LogP contribution in [0.15, 0.2) is 34.4 Å². The number of halogens is 1. The Morgan fingerprint density at radius 2 is 2.25 bits per heavy atom. The first-order valence-electron chi connectivity index (χ1n) is 5.09. The molecule has 0 saturated heterocycles. The minimum atomic E-state index is -0.305. The summed E-state index contributed by atoms with van der Waals surface area (Å²) in [6.07, 6.45) is 2.12. The molecule has 86 valence electrons. The van der Waals surface area contributed by atoms with Crippen molar-refractivity contribution in [2.45, 2.75) is 20.3 Å². The maximum atomic E-state index is 10.8. The van der Waals surface area contributed by atoms with Gasteiger partial charge in [-0.05, 0) is 23.6 Å². The summed E-state index contributed by atoms with van der Waals surface area (Å²) in [5.74, 6) is 0.281. The molecule has 16 heavy (non-hydrogen) atoms. The fraction of sp³-hybridized carbons (Fsp3) is 0.333. The van der Waals surface area contributed by atoms with Crippen LogP contribution in [-0.4, -0.2) is 4.92 Å². The Kier molecular flexibility index (Phi) is 4.68. The second-order valence-electron chi connectivity index (χ2n) is 4.05. The number of allylic oxidation sites excluding steroid dienone is 1. The highest BCUT2D eigenvalue weighted by molar-refractivity contribution is 9.10. The molecule has 0 atom stereocenters. The zero-order chi connectivity index (χ0) is 12.1. The Morgan fingerprint density at radius 3 is 2.75 bits per heavy atom. The average molecular weight is 284 g/mol. The molecule has 0 unspecified atom stereocenters. The molecule has 0 fully saturated rings. The van der Waals surface area contributed by atoms with E-state index in [1.807, 2.05) is 38.1 Å². The van der Waals surface area contributed by atoms with Crippen molar-refractivity contribution in [3.05, 3.63) is 50.1 Å². The van der Waals surface area contributed by atoms with E-state index in [-0.39, 0.29) is 16.5 Å². The average Bonchev–Trinajstić information content (AvgIpc) is 2.15. The molecule has 4 heteroatoms. The maximum absolute atomic E-state index is 10.8. The van der Waals surface area contributed by atoms with Gasteiger partial charge in [-0.15, -0.1) is 0 Å². The lowest BCUT2D eigenvalue weighted by molar-refractivity contribution is -0.427. The minimum Gasteiger partial charge on any atom is -0.259 e. The number of rotatable bonds is 4. The quantitative estimate of drug-likeness (QED) is 0.616. The first-order valence-corrected chi connectivity index (χ1v) is 5.89. The molecule has 0 heterocycles. The fourth-order valence-corrected chi connectivity index (χ4v) is 1.81. The number of hydrogen-bond donors (Lipinski definition) is 0. The van der Waals surface area contributed by atoms with Crippen LogP contribution in [0.4, 0.5) is 0 Å². The number of hydrogen-bond acceptors (Lipinski definition) is 2. The van der Waals surface area contributed by atoms with E-state index in [0.29, 0.717) is 6.42 Å². The Bertz CT molecular complexity index is 413. The Morgan fingerprint density at radius 1 is 1.56 bits per heavy atom. The van der Waals surface area contributed by atoms with Crippen molar-refractivity contribution in [1.82, 2.24) is 0 Å². The monoisotopic (exact) mass is 283 g/mol.